The number of rotatable bonds is 9. The number of hydrogen-bond donors (Lipinski definition) is 23. The van der Waals surface area contributed by atoms with Gasteiger partial charge in [-0.15, -0.1) is 0 Å². The molecule has 39 nitrogen and oxygen atoms in total. The lowest BCUT2D eigenvalue weighted by Crippen LogP contribution is -2.68. The number of Topliss-reactive ketones (excluding diaryl/α,β-unsaturated/α-hetero) is 1. The fraction of sp³-hybridized carbons (Fsp3) is 0.906. The molecular formula is C64H100O39. The molecule has 23 N–H and O–H groups in total. The Morgan fingerprint density at radius 3 is 0.913 bits per heavy atom. The van der Waals surface area contributed by atoms with Crippen molar-refractivity contribution in [3.8, 4) is 0 Å². The van der Waals surface area contributed by atoms with E-state index >= 15 is 0 Å². The van der Waals surface area contributed by atoms with Crippen LogP contribution in [0.25, 0.3) is 0 Å². The zero-order valence-electron chi connectivity index (χ0n) is 56.2. The van der Waals surface area contributed by atoms with Crippen molar-refractivity contribution in [1.82, 2.24) is 0 Å². The molecule has 3 saturated carbocycles. The van der Waals surface area contributed by atoms with E-state index < -0.39 is 274 Å². The monoisotopic (exact) mass is 1490 g/mol. The standard InChI is InChI=1S/C42H70O35.C22H30O4/c43-1-8-29-15(50)22(57)36(64-8)72-30-9(2-44)66-38(24(59)17(30)52)74-32-11(4-46)68-40(26(61)19(32)54)76-34-13(6-48)70-42(28(63)21(34)56)77-35-14(7-49)69-41(27(62)20(35)55)75-33-12(5-47)67-39(25(60)18(33)53)73-31-10(3-45)65-37(71-29)23(58)16(31)51;1-12-8-16-15-5-4-13-9-14(24)6-7-21(13,2)20(15)17(25)10-22(16,3)19(12)18(26)11-23/h8-63H,1-7H2;6-7,9,12,15-17,19-20,23,25H,4-5,8,10-11H2,1-3H3. The van der Waals surface area contributed by atoms with Gasteiger partial charge in [-0.25, -0.2) is 0 Å². The zero-order chi connectivity index (χ0) is 74.9. The number of carbonyl (C=O) groups excluding carboxylic acids is 2. The summed E-state index contributed by atoms with van der Waals surface area (Å²) < 4.78 is 79.5. The van der Waals surface area contributed by atoms with Gasteiger partial charge in [0.15, 0.2) is 55.6 Å². The van der Waals surface area contributed by atoms with Crippen LogP contribution in [0.15, 0.2) is 23.8 Å². The molecule has 0 amide bonds. The smallest absolute Gasteiger partial charge is 0.187 e. The highest BCUT2D eigenvalue weighted by Crippen LogP contribution is 2.67. The lowest BCUT2D eigenvalue weighted by molar-refractivity contribution is -0.396. The average Bonchev–Trinajstić information content (AvgIpc) is 1.66. The van der Waals surface area contributed by atoms with Gasteiger partial charge < -0.3 is 184 Å². The van der Waals surface area contributed by atoms with E-state index in [1.807, 2.05) is 6.08 Å². The van der Waals surface area contributed by atoms with E-state index in [4.69, 9.17) is 66.3 Å². The summed E-state index contributed by atoms with van der Waals surface area (Å²) in [5, 5.41) is 251. The van der Waals surface area contributed by atoms with Crippen LogP contribution in [-0.4, -0.2) is 403 Å². The molecule has 39 heteroatoms. The van der Waals surface area contributed by atoms with E-state index in [9.17, 15) is 127 Å². The van der Waals surface area contributed by atoms with E-state index in [2.05, 4.69) is 20.8 Å². The molecule has 25 aliphatic rings. The van der Waals surface area contributed by atoms with Crippen molar-refractivity contribution in [2.75, 3.05) is 52.9 Å². The first-order valence-electron chi connectivity index (χ1n) is 34.6. The fourth-order valence-electron chi connectivity index (χ4n) is 17.9. The molecule has 0 radical (unpaired) electrons. The Balaban J connectivity index is 0.000000340. The van der Waals surface area contributed by atoms with Gasteiger partial charge in [0.1, 0.15) is 178 Å². The van der Waals surface area contributed by atoms with Crippen molar-refractivity contribution in [3.05, 3.63) is 23.8 Å². The fourth-order valence-corrected chi connectivity index (χ4v) is 17.9. The highest BCUT2D eigenvalue weighted by Gasteiger charge is 2.65. The van der Waals surface area contributed by atoms with Crippen LogP contribution in [0.3, 0.4) is 0 Å². The van der Waals surface area contributed by atoms with Crippen LogP contribution in [0.5, 0.6) is 0 Å². The SMILES string of the molecule is CC1CC2C3CCC4=CC(=O)C=CC4(C)C3C(O)CC2(C)C1C(=O)CO.OCC1OC2OC3C(CO)OC(OC4C(CO)OC(OC5C(CO)OC(OC6C(CO)OC(OC7C(CO)OC(OC8C(CO)OC(OC1C(O)C2O)C(O)C8O)C(O)C7O)C(O)C6O)C(O)C5O)C(O)C4O)C(O)C3O. The minimum Gasteiger partial charge on any atom is -0.394 e. The number of aliphatic hydroxyl groups excluding tert-OH is 23. The molecule has 21 aliphatic heterocycles. The maximum atomic E-state index is 12.5. The molecule has 103 heavy (non-hydrogen) atoms. The summed E-state index contributed by atoms with van der Waals surface area (Å²) in [6.45, 7) is -1.28. The summed E-state index contributed by atoms with van der Waals surface area (Å²) in [5.41, 5.74) is 0.647. The number of hydrogen-bond acceptors (Lipinski definition) is 39. The Morgan fingerprint density at radius 1 is 0.408 bits per heavy atom. The first-order chi connectivity index (χ1) is 48.9. The number of aliphatic hydroxyl groups is 23. The van der Waals surface area contributed by atoms with Crippen molar-refractivity contribution in [2.24, 2.45) is 40.4 Å². The van der Waals surface area contributed by atoms with Crippen molar-refractivity contribution >= 4 is 11.6 Å². The predicted octanol–water partition coefficient (Wildman–Crippen LogP) is -12.5. The molecule has 14 bridgehead atoms. The summed E-state index contributed by atoms with van der Waals surface area (Å²) in [7, 11) is 0. The Hall–Kier alpha value is -2.66. The first kappa shape index (κ1) is 81.3. The molecule has 43 unspecified atom stereocenters. The third-order valence-electron chi connectivity index (χ3n) is 23.1. The largest absolute Gasteiger partial charge is 0.394 e. The topological polar surface area (TPSA) is 629 Å². The molecule has 25 rings (SSSR count). The highest BCUT2D eigenvalue weighted by atomic mass is 16.8. The highest BCUT2D eigenvalue weighted by molar-refractivity contribution is 6.01. The van der Waals surface area contributed by atoms with Crippen LogP contribution in [0.1, 0.15) is 46.5 Å². The van der Waals surface area contributed by atoms with Crippen molar-refractivity contribution in [2.45, 2.75) is 267 Å². The third-order valence-corrected chi connectivity index (χ3v) is 23.1. The Kier molecular flexibility index (Phi) is 26.1. The molecule has 24 fully saturated rings. The molecular weight excluding hydrogens is 1390 g/mol. The second kappa shape index (κ2) is 33.1. The Bertz CT molecular complexity index is 2520. The summed E-state index contributed by atoms with van der Waals surface area (Å²) in [4.78, 5) is 24.3. The van der Waals surface area contributed by atoms with Gasteiger partial charge in [-0.05, 0) is 61.0 Å². The summed E-state index contributed by atoms with van der Waals surface area (Å²) >= 11 is 0. The van der Waals surface area contributed by atoms with Crippen LogP contribution in [0.4, 0.5) is 0 Å². The summed E-state index contributed by atoms with van der Waals surface area (Å²) in [6.07, 6.45) is -61.9. The molecule has 0 aromatic carbocycles. The van der Waals surface area contributed by atoms with Gasteiger partial charge in [-0.3, -0.25) is 9.59 Å². The van der Waals surface area contributed by atoms with E-state index in [1.165, 1.54) is 0 Å². The second-order valence-corrected chi connectivity index (χ2v) is 29.3. The first-order valence-corrected chi connectivity index (χ1v) is 34.6. The summed E-state index contributed by atoms with van der Waals surface area (Å²) in [5.74, 6) is 0.886. The molecule has 4 aliphatic carbocycles. The van der Waals surface area contributed by atoms with Crippen LogP contribution < -0.4 is 0 Å². The van der Waals surface area contributed by atoms with Crippen LogP contribution >= 0.6 is 0 Å². The van der Waals surface area contributed by atoms with Gasteiger partial charge >= 0.3 is 0 Å². The molecule has 43 atom stereocenters. The Morgan fingerprint density at radius 2 is 0.670 bits per heavy atom. The third kappa shape index (κ3) is 15.1. The van der Waals surface area contributed by atoms with E-state index in [1.54, 1.807) is 12.2 Å². The van der Waals surface area contributed by atoms with Gasteiger partial charge in [0.2, 0.25) is 0 Å². The minimum atomic E-state index is -2.21. The zero-order valence-corrected chi connectivity index (χ0v) is 56.2. The van der Waals surface area contributed by atoms with Gasteiger partial charge in [-0.2, -0.15) is 0 Å². The molecule has 21 heterocycles. The van der Waals surface area contributed by atoms with E-state index in [-0.39, 0.29) is 40.2 Å². The maximum absolute atomic E-state index is 12.5. The molecule has 0 spiro atoms. The molecule has 590 valence electrons. The molecule has 0 aromatic rings. The molecule has 0 aromatic heterocycles. The van der Waals surface area contributed by atoms with Crippen LogP contribution in [-0.2, 0) is 75.9 Å². The number of ether oxygens (including phenoxy) is 14. The second-order valence-electron chi connectivity index (χ2n) is 29.3. The van der Waals surface area contributed by atoms with Crippen LogP contribution in [0.2, 0.25) is 0 Å². The van der Waals surface area contributed by atoms with Gasteiger partial charge in [0.25, 0.3) is 0 Å². The lowest BCUT2D eigenvalue weighted by atomic mass is 9.46. The predicted molar refractivity (Wildman–Crippen MR) is 327 cm³/mol. The quantitative estimate of drug-likeness (QED) is 0.102. The van der Waals surface area contributed by atoms with E-state index in [0.717, 1.165) is 24.8 Å². The van der Waals surface area contributed by atoms with Crippen molar-refractivity contribution in [1.29, 1.82) is 0 Å². The number of fused-ring (bicyclic) bond motifs is 5. The number of carbonyl (C=O) groups is 2. The van der Waals surface area contributed by atoms with Gasteiger partial charge in [-0.1, -0.05) is 32.4 Å². The minimum absolute atomic E-state index is 0.0501. The summed E-state index contributed by atoms with van der Waals surface area (Å²) in [6, 6.07) is 0. The molecule has 21 saturated heterocycles. The van der Waals surface area contributed by atoms with Gasteiger partial charge in [0, 0.05) is 17.3 Å². The van der Waals surface area contributed by atoms with Crippen LogP contribution in [0, 0.1) is 40.4 Å². The van der Waals surface area contributed by atoms with Crippen molar-refractivity contribution in [3.63, 3.8) is 0 Å². The number of allylic oxidation sites excluding steroid dienone is 4. The normalized spacial score (nSPS) is 54.0. The average molecular weight is 1490 g/mol. The number of ketones is 2. The maximum Gasteiger partial charge on any atom is 0.187 e. The lowest BCUT2D eigenvalue weighted by Gasteiger charge is -2.58. The van der Waals surface area contributed by atoms with Gasteiger partial charge in [0.05, 0.1) is 52.4 Å². The Labute approximate surface area is 587 Å². The van der Waals surface area contributed by atoms with E-state index in [0.29, 0.717) is 18.3 Å². The van der Waals surface area contributed by atoms with Crippen molar-refractivity contribution < 1.29 is 193 Å².